The summed E-state index contributed by atoms with van der Waals surface area (Å²) in [6, 6.07) is 3.38. The lowest BCUT2D eigenvalue weighted by Crippen LogP contribution is -2.35. The van der Waals surface area contributed by atoms with Crippen LogP contribution < -0.4 is 10.6 Å². The molecule has 0 spiro atoms. The number of hydrogen-bond acceptors (Lipinski definition) is 4. The molecule has 72 valence electrons. The van der Waals surface area contributed by atoms with Gasteiger partial charge in [0.1, 0.15) is 6.54 Å². The van der Waals surface area contributed by atoms with Gasteiger partial charge >= 0.3 is 11.8 Å². The number of anilines is 1. The lowest BCUT2D eigenvalue weighted by molar-refractivity contribution is -0.136. The van der Waals surface area contributed by atoms with E-state index in [1.165, 1.54) is 11.3 Å². The molecule has 0 fully saturated rings. The molecule has 2 N–H and O–H groups in total. The molecule has 0 bridgehead atoms. The Hall–Kier alpha value is -1.87. The zero-order chi connectivity index (χ0) is 10.4. The summed E-state index contributed by atoms with van der Waals surface area (Å²) >= 11 is 1.41. The van der Waals surface area contributed by atoms with Crippen molar-refractivity contribution >= 4 is 28.8 Å². The molecule has 5 nitrogen and oxygen atoms in total. The minimum Gasteiger partial charge on any atom is -0.335 e. The van der Waals surface area contributed by atoms with E-state index < -0.39 is 11.8 Å². The Morgan fingerprint density at radius 2 is 2.29 bits per heavy atom. The number of hydrogen-bond donors (Lipinski definition) is 2. The van der Waals surface area contributed by atoms with Crippen molar-refractivity contribution in [3.05, 3.63) is 16.8 Å². The van der Waals surface area contributed by atoms with Crippen molar-refractivity contribution in [2.45, 2.75) is 0 Å². The van der Waals surface area contributed by atoms with Crippen LogP contribution in [0.1, 0.15) is 0 Å². The molecule has 0 saturated carbocycles. The normalized spacial score (nSPS) is 8.79. The number of nitriles is 1. The van der Waals surface area contributed by atoms with Crippen molar-refractivity contribution < 1.29 is 9.59 Å². The fourth-order valence-corrected chi connectivity index (χ4v) is 1.31. The Bertz CT molecular complexity index is 366. The Balaban J connectivity index is 2.43. The van der Waals surface area contributed by atoms with Gasteiger partial charge in [0, 0.05) is 5.38 Å². The first-order valence-electron chi connectivity index (χ1n) is 3.72. The highest BCUT2D eigenvalue weighted by Gasteiger charge is 2.12. The van der Waals surface area contributed by atoms with Crippen LogP contribution in [0.25, 0.3) is 0 Å². The highest BCUT2D eigenvalue weighted by atomic mass is 32.1. The van der Waals surface area contributed by atoms with Crippen molar-refractivity contribution in [3.63, 3.8) is 0 Å². The summed E-state index contributed by atoms with van der Waals surface area (Å²) in [5, 5.41) is 16.2. The van der Waals surface area contributed by atoms with Gasteiger partial charge in [-0.3, -0.25) is 9.59 Å². The van der Waals surface area contributed by atoms with E-state index in [-0.39, 0.29) is 6.54 Å². The van der Waals surface area contributed by atoms with Gasteiger partial charge in [-0.2, -0.15) is 16.6 Å². The molecule has 0 aromatic carbocycles. The van der Waals surface area contributed by atoms with Gasteiger partial charge in [0.15, 0.2) is 0 Å². The van der Waals surface area contributed by atoms with E-state index in [4.69, 9.17) is 5.26 Å². The van der Waals surface area contributed by atoms with Crippen molar-refractivity contribution in [1.82, 2.24) is 5.32 Å². The molecular formula is C8H7N3O2S. The van der Waals surface area contributed by atoms with E-state index >= 15 is 0 Å². The van der Waals surface area contributed by atoms with Crippen molar-refractivity contribution in [2.24, 2.45) is 0 Å². The van der Waals surface area contributed by atoms with Crippen molar-refractivity contribution in [3.8, 4) is 6.07 Å². The SMILES string of the molecule is N#CCNC(=O)C(=O)Nc1ccsc1. The third-order valence-corrected chi connectivity index (χ3v) is 2.00. The smallest absolute Gasteiger partial charge is 0.313 e. The van der Waals surface area contributed by atoms with Gasteiger partial charge in [-0.15, -0.1) is 0 Å². The molecule has 6 heteroatoms. The Labute approximate surface area is 84.3 Å². The molecule has 0 aliphatic heterocycles. The van der Waals surface area contributed by atoms with Crippen LogP contribution in [0.3, 0.4) is 0 Å². The molecule has 1 aromatic rings. The van der Waals surface area contributed by atoms with Crippen LogP contribution in [0.5, 0.6) is 0 Å². The molecule has 1 aromatic heterocycles. The molecule has 0 aliphatic rings. The summed E-state index contributed by atoms with van der Waals surface area (Å²) in [6.45, 7) is -0.171. The topological polar surface area (TPSA) is 82.0 Å². The molecule has 0 unspecified atom stereocenters. The number of thiophene rings is 1. The molecule has 0 aliphatic carbocycles. The second kappa shape index (κ2) is 4.99. The maximum Gasteiger partial charge on any atom is 0.313 e. The average molecular weight is 209 g/mol. The predicted octanol–water partition coefficient (Wildman–Crippen LogP) is 0.326. The van der Waals surface area contributed by atoms with Crippen LogP contribution in [0, 0.1) is 11.3 Å². The Morgan fingerprint density at radius 3 is 2.86 bits per heavy atom. The summed E-state index contributed by atoms with van der Waals surface area (Å²) in [5.41, 5.74) is 0.576. The molecular weight excluding hydrogens is 202 g/mol. The highest BCUT2D eigenvalue weighted by molar-refractivity contribution is 7.08. The van der Waals surface area contributed by atoms with E-state index in [1.807, 2.05) is 0 Å². The zero-order valence-electron chi connectivity index (χ0n) is 7.11. The second-order valence-corrected chi connectivity index (χ2v) is 3.09. The number of rotatable bonds is 2. The van der Waals surface area contributed by atoms with E-state index in [2.05, 4.69) is 10.6 Å². The van der Waals surface area contributed by atoms with Gasteiger partial charge in [-0.1, -0.05) is 0 Å². The van der Waals surface area contributed by atoms with Crippen LogP contribution in [0.2, 0.25) is 0 Å². The first kappa shape index (κ1) is 10.2. The molecule has 1 rings (SSSR count). The Morgan fingerprint density at radius 1 is 1.50 bits per heavy atom. The number of carbonyl (C=O) groups is 2. The van der Waals surface area contributed by atoms with Gasteiger partial charge in [0.2, 0.25) is 0 Å². The molecule has 0 atom stereocenters. The lowest BCUT2D eigenvalue weighted by atomic mass is 10.4. The molecule has 1 heterocycles. The third kappa shape index (κ3) is 2.88. The maximum atomic E-state index is 11.1. The van der Waals surface area contributed by atoms with Gasteiger partial charge in [0.05, 0.1) is 11.8 Å². The largest absolute Gasteiger partial charge is 0.335 e. The van der Waals surface area contributed by atoms with Gasteiger partial charge in [0.25, 0.3) is 0 Å². The summed E-state index contributed by atoms with van der Waals surface area (Å²) in [7, 11) is 0. The van der Waals surface area contributed by atoms with Gasteiger partial charge in [-0.25, -0.2) is 0 Å². The lowest BCUT2D eigenvalue weighted by Gasteiger charge is -2.00. The summed E-state index contributed by atoms with van der Waals surface area (Å²) in [4.78, 5) is 22.0. The first-order valence-corrected chi connectivity index (χ1v) is 4.66. The fourth-order valence-electron chi connectivity index (χ4n) is 0.724. The van der Waals surface area contributed by atoms with Crippen LogP contribution in [0.4, 0.5) is 5.69 Å². The monoisotopic (exact) mass is 209 g/mol. The molecule has 14 heavy (non-hydrogen) atoms. The number of nitrogens with zero attached hydrogens (tertiary/aromatic N) is 1. The van der Waals surface area contributed by atoms with E-state index in [0.29, 0.717) is 5.69 Å². The maximum absolute atomic E-state index is 11.1. The summed E-state index contributed by atoms with van der Waals surface area (Å²) in [6.07, 6.45) is 0. The quantitative estimate of drug-likeness (QED) is 0.543. The van der Waals surface area contributed by atoms with Crippen LogP contribution >= 0.6 is 11.3 Å². The molecule has 0 radical (unpaired) electrons. The minimum atomic E-state index is -0.808. The second-order valence-electron chi connectivity index (χ2n) is 2.31. The average Bonchev–Trinajstić information content (AvgIpc) is 2.66. The van der Waals surface area contributed by atoms with Crippen molar-refractivity contribution in [2.75, 3.05) is 11.9 Å². The summed E-state index contributed by atoms with van der Waals surface area (Å²) < 4.78 is 0. The van der Waals surface area contributed by atoms with E-state index in [0.717, 1.165) is 0 Å². The number of amides is 2. The Kier molecular flexibility index (Phi) is 3.64. The standard InChI is InChI=1S/C8H7N3O2S/c9-2-3-10-7(12)8(13)11-6-1-4-14-5-6/h1,4-5H,3H2,(H,10,12)(H,11,13). The minimum absolute atomic E-state index is 0.171. The number of nitrogens with one attached hydrogen (secondary N) is 2. The fraction of sp³-hybridized carbons (Fsp3) is 0.125. The van der Waals surface area contributed by atoms with Crippen LogP contribution in [-0.4, -0.2) is 18.4 Å². The van der Waals surface area contributed by atoms with Crippen molar-refractivity contribution in [1.29, 1.82) is 5.26 Å². The number of carbonyl (C=O) groups excluding carboxylic acids is 2. The van der Waals surface area contributed by atoms with Crippen LogP contribution in [0.15, 0.2) is 16.8 Å². The first-order chi connectivity index (χ1) is 6.74. The third-order valence-electron chi connectivity index (χ3n) is 1.31. The molecule has 2 amide bonds. The molecule has 0 saturated heterocycles. The van der Waals surface area contributed by atoms with E-state index in [1.54, 1.807) is 22.9 Å². The van der Waals surface area contributed by atoms with Gasteiger partial charge in [-0.05, 0) is 11.4 Å². The van der Waals surface area contributed by atoms with Crippen LogP contribution in [-0.2, 0) is 9.59 Å². The highest BCUT2D eigenvalue weighted by Crippen LogP contribution is 2.11. The zero-order valence-corrected chi connectivity index (χ0v) is 7.93. The predicted molar refractivity (Wildman–Crippen MR) is 51.6 cm³/mol. The summed E-state index contributed by atoms with van der Waals surface area (Å²) in [5.74, 6) is -1.57. The van der Waals surface area contributed by atoms with E-state index in [9.17, 15) is 9.59 Å². The van der Waals surface area contributed by atoms with Gasteiger partial charge < -0.3 is 10.6 Å².